The van der Waals surface area contributed by atoms with Crippen LogP contribution in [-0.4, -0.2) is 18.6 Å². The Balaban J connectivity index is 2.03. The summed E-state index contributed by atoms with van der Waals surface area (Å²) in [6.45, 7) is 4.57. The fourth-order valence-electron chi connectivity index (χ4n) is 1.49. The Morgan fingerprint density at radius 2 is 2.07 bits per heavy atom. The topological polar surface area (TPSA) is 52.3 Å². The smallest absolute Gasteiger partial charge is 0.308 e. The molecule has 1 rings (SSSR count). The van der Waals surface area contributed by atoms with Crippen molar-refractivity contribution in [2.75, 3.05) is 6.61 Å². The van der Waals surface area contributed by atoms with Gasteiger partial charge in [-0.1, -0.05) is 13.3 Å². The van der Waals surface area contributed by atoms with E-state index in [-0.39, 0.29) is 17.9 Å². The maximum atomic E-state index is 11.5. The first kappa shape index (κ1) is 12.5. The van der Waals surface area contributed by atoms with E-state index in [9.17, 15) is 4.79 Å². The highest BCUT2D eigenvalue weighted by molar-refractivity contribution is 5.71. The molecule has 15 heavy (non-hydrogen) atoms. The average Bonchev–Trinajstić information content (AvgIpc) is 2.96. The summed E-state index contributed by atoms with van der Waals surface area (Å²) in [5, 5.41) is 0. The Morgan fingerprint density at radius 3 is 2.60 bits per heavy atom. The summed E-state index contributed by atoms with van der Waals surface area (Å²) in [5.74, 6) is 0.652. The van der Waals surface area contributed by atoms with E-state index in [0.717, 1.165) is 19.3 Å². The van der Waals surface area contributed by atoms with E-state index in [0.29, 0.717) is 12.5 Å². The summed E-state index contributed by atoms with van der Waals surface area (Å²) in [6, 6.07) is 0.236. The van der Waals surface area contributed by atoms with Crippen molar-refractivity contribution in [3.63, 3.8) is 0 Å². The third-order valence-corrected chi connectivity index (χ3v) is 2.86. The van der Waals surface area contributed by atoms with Crippen molar-refractivity contribution in [2.24, 2.45) is 17.6 Å². The zero-order valence-electron chi connectivity index (χ0n) is 9.87. The van der Waals surface area contributed by atoms with Crippen molar-refractivity contribution in [2.45, 2.75) is 52.0 Å². The summed E-state index contributed by atoms with van der Waals surface area (Å²) >= 11 is 0. The molecule has 3 nitrogen and oxygen atoms in total. The largest absolute Gasteiger partial charge is 0.465 e. The summed E-state index contributed by atoms with van der Waals surface area (Å²) in [7, 11) is 0. The lowest BCUT2D eigenvalue weighted by molar-refractivity contribution is -0.148. The van der Waals surface area contributed by atoms with Gasteiger partial charge in [-0.2, -0.15) is 0 Å². The lowest BCUT2D eigenvalue weighted by atomic mass is 10.0. The van der Waals surface area contributed by atoms with Crippen LogP contribution in [0.5, 0.6) is 0 Å². The van der Waals surface area contributed by atoms with Crippen LogP contribution >= 0.6 is 0 Å². The Bertz CT molecular complexity index is 200. The van der Waals surface area contributed by atoms with Crippen molar-refractivity contribution < 1.29 is 9.53 Å². The van der Waals surface area contributed by atoms with Gasteiger partial charge in [0.1, 0.15) is 0 Å². The summed E-state index contributed by atoms with van der Waals surface area (Å²) < 4.78 is 5.22. The van der Waals surface area contributed by atoms with Gasteiger partial charge in [0.2, 0.25) is 0 Å². The number of hydrogen-bond donors (Lipinski definition) is 1. The van der Waals surface area contributed by atoms with Gasteiger partial charge in [-0.3, -0.25) is 4.79 Å². The lowest BCUT2D eigenvalue weighted by Crippen LogP contribution is -2.18. The van der Waals surface area contributed by atoms with Crippen LogP contribution in [0.4, 0.5) is 0 Å². The zero-order valence-corrected chi connectivity index (χ0v) is 9.87. The fraction of sp³-hybridized carbons (Fsp3) is 0.917. The number of nitrogens with two attached hydrogens (primary N) is 1. The Kier molecular flexibility index (Phi) is 5.09. The highest BCUT2D eigenvalue weighted by atomic mass is 16.5. The zero-order chi connectivity index (χ0) is 11.3. The molecule has 1 aliphatic carbocycles. The Hall–Kier alpha value is -0.570. The minimum Gasteiger partial charge on any atom is -0.465 e. The predicted octanol–water partition coefficient (Wildman–Crippen LogP) is 2.09. The molecule has 2 atom stereocenters. The maximum absolute atomic E-state index is 11.5. The molecule has 0 aromatic heterocycles. The van der Waals surface area contributed by atoms with Crippen molar-refractivity contribution in [1.82, 2.24) is 0 Å². The molecule has 0 bridgehead atoms. The normalized spacial score (nSPS) is 19.7. The molecular weight excluding hydrogens is 190 g/mol. The standard InChI is InChI=1S/C12H23NO2/c1-9(4-3-5-10(2)13)12(14)15-8-11-6-7-11/h9-11H,3-8,13H2,1-2H3. The highest BCUT2D eigenvalue weighted by Gasteiger charge is 2.24. The van der Waals surface area contributed by atoms with Gasteiger partial charge < -0.3 is 10.5 Å². The molecule has 2 unspecified atom stereocenters. The first-order chi connectivity index (χ1) is 7.09. The van der Waals surface area contributed by atoms with E-state index in [2.05, 4.69) is 0 Å². The maximum Gasteiger partial charge on any atom is 0.308 e. The third-order valence-electron chi connectivity index (χ3n) is 2.86. The van der Waals surface area contributed by atoms with Gasteiger partial charge in [0.05, 0.1) is 12.5 Å². The molecular formula is C12H23NO2. The summed E-state index contributed by atoms with van der Waals surface area (Å²) in [5.41, 5.74) is 5.65. The molecule has 0 radical (unpaired) electrons. The third kappa shape index (κ3) is 5.78. The molecule has 0 heterocycles. The van der Waals surface area contributed by atoms with Crippen molar-refractivity contribution in [3.05, 3.63) is 0 Å². The van der Waals surface area contributed by atoms with E-state index in [1.165, 1.54) is 12.8 Å². The van der Waals surface area contributed by atoms with E-state index >= 15 is 0 Å². The van der Waals surface area contributed by atoms with Gasteiger partial charge in [-0.15, -0.1) is 0 Å². The first-order valence-electron chi connectivity index (χ1n) is 6.01. The van der Waals surface area contributed by atoms with Crippen molar-refractivity contribution in [3.8, 4) is 0 Å². The number of carbonyl (C=O) groups is 1. The molecule has 3 heteroatoms. The second kappa shape index (κ2) is 6.11. The summed E-state index contributed by atoms with van der Waals surface area (Å²) in [4.78, 5) is 11.5. The molecule has 0 amide bonds. The summed E-state index contributed by atoms with van der Waals surface area (Å²) in [6.07, 6.45) is 5.35. The molecule has 0 saturated heterocycles. The molecule has 1 saturated carbocycles. The average molecular weight is 213 g/mol. The van der Waals surface area contributed by atoms with Crippen LogP contribution in [0.25, 0.3) is 0 Å². The van der Waals surface area contributed by atoms with Crippen LogP contribution in [0.3, 0.4) is 0 Å². The SMILES string of the molecule is CC(N)CCCC(C)C(=O)OCC1CC1. The van der Waals surface area contributed by atoms with Crippen LogP contribution in [0.1, 0.15) is 46.0 Å². The van der Waals surface area contributed by atoms with Crippen LogP contribution in [0, 0.1) is 11.8 Å². The van der Waals surface area contributed by atoms with Crippen LogP contribution < -0.4 is 5.73 Å². The van der Waals surface area contributed by atoms with E-state index in [1.54, 1.807) is 0 Å². The van der Waals surface area contributed by atoms with Crippen LogP contribution in [0.2, 0.25) is 0 Å². The molecule has 0 aromatic rings. The number of hydrogen-bond acceptors (Lipinski definition) is 3. The van der Waals surface area contributed by atoms with E-state index in [1.807, 2.05) is 13.8 Å². The minimum atomic E-state index is -0.0356. The number of carbonyl (C=O) groups excluding carboxylic acids is 1. The molecule has 0 spiro atoms. The lowest BCUT2D eigenvalue weighted by Gasteiger charge is -2.11. The van der Waals surface area contributed by atoms with Gasteiger partial charge in [-0.05, 0) is 38.5 Å². The Labute approximate surface area is 92.4 Å². The molecule has 0 aromatic carbocycles. The second-order valence-electron chi connectivity index (χ2n) is 4.88. The van der Waals surface area contributed by atoms with Crippen molar-refractivity contribution in [1.29, 1.82) is 0 Å². The monoisotopic (exact) mass is 213 g/mol. The van der Waals surface area contributed by atoms with Crippen LogP contribution in [0.15, 0.2) is 0 Å². The predicted molar refractivity (Wildman–Crippen MR) is 60.3 cm³/mol. The molecule has 0 aliphatic heterocycles. The first-order valence-corrected chi connectivity index (χ1v) is 6.01. The second-order valence-corrected chi connectivity index (χ2v) is 4.88. The van der Waals surface area contributed by atoms with Gasteiger partial charge in [0.15, 0.2) is 0 Å². The van der Waals surface area contributed by atoms with Crippen molar-refractivity contribution >= 4 is 5.97 Å². The minimum absolute atomic E-state index is 0.0301. The quantitative estimate of drug-likeness (QED) is 0.659. The van der Waals surface area contributed by atoms with Crippen LogP contribution in [-0.2, 0) is 9.53 Å². The number of rotatable bonds is 7. The molecule has 1 aliphatic rings. The van der Waals surface area contributed by atoms with Gasteiger partial charge in [0.25, 0.3) is 0 Å². The molecule has 88 valence electrons. The van der Waals surface area contributed by atoms with Gasteiger partial charge in [0, 0.05) is 6.04 Å². The molecule has 1 fully saturated rings. The number of ether oxygens (including phenoxy) is 1. The van der Waals surface area contributed by atoms with Gasteiger partial charge >= 0.3 is 5.97 Å². The fourth-order valence-corrected chi connectivity index (χ4v) is 1.49. The molecule has 2 N–H and O–H groups in total. The van der Waals surface area contributed by atoms with E-state index < -0.39 is 0 Å². The van der Waals surface area contributed by atoms with E-state index in [4.69, 9.17) is 10.5 Å². The Morgan fingerprint density at radius 1 is 1.40 bits per heavy atom. The highest BCUT2D eigenvalue weighted by Crippen LogP contribution is 2.29. The van der Waals surface area contributed by atoms with Gasteiger partial charge in [-0.25, -0.2) is 0 Å². The number of esters is 1.